The van der Waals surface area contributed by atoms with Gasteiger partial charge in [-0.1, -0.05) is 28.9 Å². The van der Waals surface area contributed by atoms with Crippen LogP contribution in [0.5, 0.6) is 0 Å². The number of hydrogen-bond donors (Lipinski definition) is 1. The topological polar surface area (TPSA) is 85.8 Å². The van der Waals surface area contributed by atoms with Crippen LogP contribution in [0.2, 0.25) is 5.02 Å². The van der Waals surface area contributed by atoms with Crippen LogP contribution in [0.3, 0.4) is 0 Å². The fourth-order valence-electron chi connectivity index (χ4n) is 2.75. The van der Waals surface area contributed by atoms with Gasteiger partial charge in [-0.05, 0) is 43.3 Å². The van der Waals surface area contributed by atoms with Crippen LogP contribution >= 0.6 is 11.6 Å². The van der Waals surface area contributed by atoms with Crippen molar-refractivity contribution in [1.82, 2.24) is 19.9 Å². The number of amides is 1. The van der Waals surface area contributed by atoms with E-state index >= 15 is 0 Å². The smallest absolute Gasteiger partial charge is 0.259 e. The lowest BCUT2D eigenvalue weighted by molar-refractivity contribution is 0.102. The van der Waals surface area contributed by atoms with Gasteiger partial charge in [-0.3, -0.25) is 4.79 Å². The molecular weight excluding hydrogens is 378 g/mol. The predicted molar refractivity (Wildman–Crippen MR) is 106 cm³/mol. The van der Waals surface area contributed by atoms with Crippen molar-refractivity contribution < 1.29 is 9.32 Å². The quantitative estimate of drug-likeness (QED) is 0.553. The molecule has 1 N–H and O–H groups in total. The molecule has 0 saturated heterocycles. The SMILES string of the molecule is Cc1nc(-c2ccc(-n3cc(C(=O)Nc4ccccc4Cl)c(C)n3)cc2)no1. The third kappa shape index (κ3) is 3.52. The van der Waals surface area contributed by atoms with Gasteiger partial charge in [-0.2, -0.15) is 10.1 Å². The van der Waals surface area contributed by atoms with Gasteiger partial charge < -0.3 is 9.84 Å². The van der Waals surface area contributed by atoms with Crippen molar-refractivity contribution in [2.24, 2.45) is 0 Å². The van der Waals surface area contributed by atoms with Crippen molar-refractivity contribution in [3.05, 3.63) is 76.9 Å². The van der Waals surface area contributed by atoms with Gasteiger partial charge >= 0.3 is 0 Å². The second-order valence-corrected chi connectivity index (χ2v) is 6.60. The zero-order chi connectivity index (χ0) is 19.7. The first-order valence-corrected chi connectivity index (χ1v) is 8.92. The normalized spacial score (nSPS) is 10.8. The summed E-state index contributed by atoms with van der Waals surface area (Å²) in [6.45, 7) is 3.53. The van der Waals surface area contributed by atoms with Gasteiger partial charge in [0.25, 0.3) is 5.91 Å². The van der Waals surface area contributed by atoms with Gasteiger partial charge in [0.1, 0.15) is 0 Å². The lowest BCUT2D eigenvalue weighted by Gasteiger charge is -2.05. The number of hydrogen-bond acceptors (Lipinski definition) is 5. The van der Waals surface area contributed by atoms with E-state index in [2.05, 4.69) is 20.6 Å². The van der Waals surface area contributed by atoms with Gasteiger partial charge in [0.05, 0.1) is 27.7 Å². The summed E-state index contributed by atoms with van der Waals surface area (Å²) in [5, 5.41) is 11.6. The van der Waals surface area contributed by atoms with Crippen LogP contribution in [0.25, 0.3) is 17.1 Å². The minimum Gasteiger partial charge on any atom is -0.339 e. The van der Waals surface area contributed by atoms with Crippen LogP contribution in [0.4, 0.5) is 5.69 Å². The van der Waals surface area contributed by atoms with Gasteiger partial charge in [-0.25, -0.2) is 4.68 Å². The molecule has 2 aromatic heterocycles. The molecule has 0 aliphatic rings. The highest BCUT2D eigenvalue weighted by atomic mass is 35.5. The Morgan fingerprint density at radius 2 is 1.86 bits per heavy atom. The maximum absolute atomic E-state index is 12.6. The lowest BCUT2D eigenvalue weighted by Crippen LogP contribution is -2.12. The molecule has 0 aliphatic carbocycles. The Hall–Kier alpha value is -3.45. The molecule has 0 fully saturated rings. The molecule has 0 bridgehead atoms. The van der Waals surface area contributed by atoms with Crippen LogP contribution in [0.1, 0.15) is 21.9 Å². The molecule has 140 valence electrons. The number of carbonyl (C=O) groups excluding carboxylic acids is 1. The zero-order valence-corrected chi connectivity index (χ0v) is 15.9. The highest BCUT2D eigenvalue weighted by molar-refractivity contribution is 6.33. The Balaban J connectivity index is 1.57. The third-order valence-corrected chi connectivity index (χ3v) is 4.51. The van der Waals surface area contributed by atoms with E-state index in [9.17, 15) is 4.79 Å². The van der Waals surface area contributed by atoms with Crippen LogP contribution < -0.4 is 5.32 Å². The highest BCUT2D eigenvalue weighted by Crippen LogP contribution is 2.23. The lowest BCUT2D eigenvalue weighted by atomic mass is 10.2. The van der Waals surface area contributed by atoms with E-state index in [1.165, 1.54) is 0 Å². The summed E-state index contributed by atoms with van der Waals surface area (Å²) in [4.78, 5) is 16.8. The summed E-state index contributed by atoms with van der Waals surface area (Å²) in [5.74, 6) is 0.771. The molecule has 7 nitrogen and oxygen atoms in total. The number of halogens is 1. The van der Waals surface area contributed by atoms with E-state index in [0.717, 1.165) is 11.3 Å². The average Bonchev–Trinajstić information content (AvgIpc) is 3.30. The standard InChI is InChI=1S/C20H16ClN5O2/c1-12-16(20(27)23-18-6-4-3-5-17(18)21)11-26(24-12)15-9-7-14(8-10-15)19-22-13(2)28-25-19/h3-11H,1-2H3,(H,23,27). The van der Waals surface area contributed by atoms with E-state index in [1.54, 1.807) is 42.9 Å². The van der Waals surface area contributed by atoms with Crippen molar-refractivity contribution >= 4 is 23.2 Å². The van der Waals surface area contributed by atoms with Gasteiger partial charge in [0, 0.05) is 18.7 Å². The minimum absolute atomic E-state index is 0.268. The first kappa shape index (κ1) is 17.9. The van der Waals surface area contributed by atoms with Crippen molar-refractivity contribution in [2.75, 3.05) is 5.32 Å². The van der Waals surface area contributed by atoms with E-state index in [0.29, 0.717) is 33.7 Å². The van der Waals surface area contributed by atoms with Crippen molar-refractivity contribution in [1.29, 1.82) is 0 Å². The van der Waals surface area contributed by atoms with Gasteiger partial charge in [0.15, 0.2) is 0 Å². The Labute approximate surface area is 166 Å². The molecule has 0 unspecified atom stereocenters. The third-order valence-electron chi connectivity index (χ3n) is 4.18. The average molecular weight is 394 g/mol. The number of benzene rings is 2. The number of nitrogens with zero attached hydrogens (tertiary/aromatic N) is 4. The number of para-hydroxylation sites is 1. The molecule has 0 saturated carbocycles. The highest BCUT2D eigenvalue weighted by Gasteiger charge is 2.15. The van der Waals surface area contributed by atoms with Crippen molar-refractivity contribution in [2.45, 2.75) is 13.8 Å². The summed E-state index contributed by atoms with van der Waals surface area (Å²) in [6.07, 6.45) is 1.69. The fraction of sp³-hybridized carbons (Fsp3) is 0.100. The molecule has 0 aliphatic heterocycles. The maximum atomic E-state index is 12.6. The Morgan fingerprint density at radius 1 is 1.11 bits per heavy atom. The fourth-order valence-corrected chi connectivity index (χ4v) is 2.93. The molecule has 2 aromatic carbocycles. The van der Waals surface area contributed by atoms with Crippen molar-refractivity contribution in [3.8, 4) is 17.1 Å². The molecule has 0 atom stereocenters. The van der Waals surface area contributed by atoms with Gasteiger partial charge in [-0.15, -0.1) is 0 Å². The number of nitrogens with one attached hydrogen (secondary N) is 1. The second kappa shape index (κ2) is 7.28. The molecule has 0 radical (unpaired) electrons. The number of aromatic nitrogens is 4. The molecule has 4 rings (SSSR count). The largest absolute Gasteiger partial charge is 0.339 e. The number of carbonyl (C=O) groups is 1. The molecular formula is C20H16ClN5O2. The number of rotatable bonds is 4. The Kier molecular flexibility index (Phi) is 4.67. The molecule has 0 spiro atoms. The molecule has 28 heavy (non-hydrogen) atoms. The first-order valence-electron chi connectivity index (χ1n) is 8.54. The van der Waals surface area contributed by atoms with E-state index < -0.39 is 0 Å². The van der Waals surface area contributed by atoms with E-state index in [-0.39, 0.29) is 5.91 Å². The number of aryl methyl sites for hydroxylation is 2. The van der Waals surface area contributed by atoms with Crippen molar-refractivity contribution in [3.63, 3.8) is 0 Å². The van der Waals surface area contributed by atoms with Crippen LogP contribution in [0.15, 0.2) is 59.3 Å². The Bertz CT molecular complexity index is 1150. The minimum atomic E-state index is -0.268. The molecule has 8 heteroatoms. The zero-order valence-electron chi connectivity index (χ0n) is 15.2. The summed E-state index contributed by atoms with van der Waals surface area (Å²) < 4.78 is 6.66. The van der Waals surface area contributed by atoms with Crippen LogP contribution in [-0.2, 0) is 0 Å². The van der Waals surface area contributed by atoms with Crippen LogP contribution in [0, 0.1) is 13.8 Å². The van der Waals surface area contributed by atoms with Crippen LogP contribution in [-0.4, -0.2) is 25.8 Å². The Morgan fingerprint density at radius 3 is 2.54 bits per heavy atom. The summed E-state index contributed by atoms with van der Waals surface area (Å²) in [6, 6.07) is 14.6. The summed E-state index contributed by atoms with van der Waals surface area (Å²) >= 11 is 6.11. The maximum Gasteiger partial charge on any atom is 0.259 e. The molecule has 2 heterocycles. The molecule has 4 aromatic rings. The first-order chi connectivity index (χ1) is 13.5. The van der Waals surface area contributed by atoms with E-state index in [4.69, 9.17) is 16.1 Å². The predicted octanol–water partition coefficient (Wildman–Crippen LogP) is 4.44. The molecule has 1 amide bonds. The summed E-state index contributed by atoms with van der Waals surface area (Å²) in [5.41, 5.74) is 3.28. The van der Waals surface area contributed by atoms with E-state index in [1.807, 2.05) is 30.3 Å². The number of anilines is 1. The summed E-state index contributed by atoms with van der Waals surface area (Å²) in [7, 11) is 0. The monoisotopic (exact) mass is 393 g/mol. The second-order valence-electron chi connectivity index (χ2n) is 6.19. The van der Waals surface area contributed by atoms with Gasteiger partial charge in [0.2, 0.25) is 11.7 Å².